The van der Waals surface area contributed by atoms with Gasteiger partial charge in [-0.1, -0.05) is 66.7 Å². The van der Waals surface area contributed by atoms with Crippen molar-refractivity contribution in [2.45, 2.75) is 24.5 Å². The Morgan fingerprint density at radius 2 is 1.38 bits per heavy atom. The molecule has 0 saturated carbocycles. The van der Waals surface area contributed by atoms with Crippen LogP contribution in [0.3, 0.4) is 0 Å². The van der Waals surface area contributed by atoms with Gasteiger partial charge in [0.15, 0.2) is 0 Å². The Bertz CT molecular complexity index is 712. The molecule has 3 heterocycles. The second kappa shape index (κ2) is 6.90. The topological polar surface area (TPSA) is 9.72 Å². The molecule has 3 aliphatic heterocycles. The molecule has 0 aliphatic carbocycles. The summed E-state index contributed by atoms with van der Waals surface area (Å²) in [6, 6.07) is 23.8. The van der Waals surface area contributed by atoms with E-state index in [1.165, 1.54) is 50.3 Å². The molecule has 0 N–H and O–H groups in total. The van der Waals surface area contributed by atoms with Crippen LogP contribution >= 0.6 is 0 Å². The predicted molar refractivity (Wildman–Crippen MR) is 106 cm³/mol. The Kier molecular flexibility index (Phi) is 4.27. The number of benzene rings is 2. The highest BCUT2D eigenvalue weighted by molar-refractivity contribution is 5.32. The molecule has 1 atom stereocenters. The molecule has 3 nitrogen and oxygen atoms in total. The first-order valence-electron chi connectivity index (χ1n) is 9.89. The van der Waals surface area contributed by atoms with Gasteiger partial charge >= 0.3 is 0 Å². The van der Waals surface area contributed by atoms with Crippen molar-refractivity contribution in [2.75, 3.05) is 32.7 Å². The van der Waals surface area contributed by atoms with Gasteiger partial charge in [0.05, 0.1) is 6.04 Å². The van der Waals surface area contributed by atoms with E-state index in [0.29, 0.717) is 12.1 Å². The molecule has 0 spiro atoms. The summed E-state index contributed by atoms with van der Waals surface area (Å²) in [7, 11) is 0. The number of piperazine rings is 1. The van der Waals surface area contributed by atoms with Crippen molar-refractivity contribution < 1.29 is 0 Å². The maximum atomic E-state index is 2.73. The van der Waals surface area contributed by atoms with Gasteiger partial charge in [-0.15, -0.1) is 0 Å². The minimum atomic E-state index is 0.378. The SMILES string of the molecule is C1=CN2CCN(C3CN(C(c4ccccc4)c4ccccc4)C3)C[C@@H]2C1. The maximum Gasteiger partial charge on any atom is 0.0602 e. The van der Waals surface area contributed by atoms with E-state index in [2.05, 4.69) is 87.6 Å². The van der Waals surface area contributed by atoms with E-state index < -0.39 is 0 Å². The predicted octanol–water partition coefficient (Wildman–Crippen LogP) is 3.36. The molecule has 134 valence electrons. The van der Waals surface area contributed by atoms with E-state index >= 15 is 0 Å². The Labute approximate surface area is 156 Å². The van der Waals surface area contributed by atoms with Crippen LogP contribution in [0.5, 0.6) is 0 Å². The van der Waals surface area contributed by atoms with Crippen molar-refractivity contribution in [1.29, 1.82) is 0 Å². The van der Waals surface area contributed by atoms with Crippen molar-refractivity contribution in [3.8, 4) is 0 Å². The third-order valence-corrected chi connectivity index (χ3v) is 6.27. The number of likely N-dealkylation sites (tertiary alicyclic amines) is 1. The second-order valence-corrected chi connectivity index (χ2v) is 7.84. The Hall–Kier alpha value is -2.10. The van der Waals surface area contributed by atoms with Gasteiger partial charge in [-0.3, -0.25) is 9.80 Å². The highest BCUT2D eigenvalue weighted by atomic mass is 15.4. The standard InChI is InChI=1S/C23H27N3/c1-3-8-19(9-4-1)23(20-10-5-2-6-11-20)26-17-22(18-26)25-15-14-24-13-7-12-21(24)16-25/h1-11,13,21-23H,12,14-18H2/t21-/m0/s1. The van der Waals surface area contributed by atoms with Crippen LogP contribution in [0.25, 0.3) is 0 Å². The third-order valence-electron chi connectivity index (χ3n) is 6.27. The molecule has 0 bridgehead atoms. The Morgan fingerprint density at radius 3 is 2.04 bits per heavy atom. The van der Waals surface area contributed by atoms with Crippen molar-refractivity contribution >= 4 is 0 Å². The summed E-state index contributed by atoms with van der Waals surface area (Å²) in [6.45, 7) is 5.98. The summed E-state index contributed by atoms with van der Waals surface area (Å²) in [4.78, 5) is 7.91. The first-order valence-corrected chi connectivity index (χ1v) is 9.89. The lowest BCUT2D eigenvalue weighted by Gasteiger charge is -2.52. The molecule has 5 rings (SSSR count). The highest BCUT2D eigenvalue weighted by Gasteiger charge is 2.39. The Balaban J connectivity index is 1.29. The third kappa shape index (κ3) is 2.95. The van der Waals surface area contributed by atoms with Crippen LogP contribution in [0.1, 0.15) is 23.6 Å². The van der Waals surface area contributed by atoms with Crippen molar-refractivity contribution in [3.05, 3.63) is 84.1 Å². The highest BCUT2D eigenvalue weighted by Crippen LogP contribution is 2.34. The molecule has 2 aromatic carbocycles. The van der Waals surface area contributed by atoms with E-state index in [-0.39, 0.29) is 0 Å². The van der Waals surface area contributed by atoms with Crippen LogP contribution in [0, 0.1) is 0 Å². The van der Waals surface area contributed by atoms with Crippen LogP contribution in [0.15, 0.2) is 72.9 Å². The average molecular weight is 345 g/mol. The van der Waals surface area contributed by atoms with Crippen LogP contribution in [0.4, 0.5) is 0 Å². The Morgan fingerprint density at radius 1 is 0.731 bits per heavy atom. The molecular weight excluding hydrogens is 318 g/mol. The molecule has 26 heavy (non-hydrogen) atoms. The number of nitrogens with zero attached hydrogens (tertiary/aromatic N) is 3. The lowest BCUT2D eigenvalue weighted by atomic mass is 9.92. The second-order valence-electron chi connectivity index (χ2n) is 7.84. The zero-order valence-corrected chi connectivity index (χ0v) is 15.2. The quantitative estimate of drug-likeness (QED) is 0.841. The monoisotopic (exact) mass is 345 g/mol. The molecule has 3 aliphatic rings. The first-order chi connectivity index (χ1) is 12.9. The van der Waals surface area contributed by atoms with E-state index in [1.807, 2.05) is 0 Å². The fourth-order valence-corrected chi connectivity index (χ4v) is 4.80. The van der Waals surface area contributed by atoms with E-state index in [4.69, 9.17) is 0 Å². The first kappa shape index (κ1) is 16.1. The largest absolute Gasteiger partial charge is 0.372 e. The van der Waals surface area contributed by atoms with Gasteiger partial charge in [0.1, 0.15) is 0 Å². The van der Waals surface area contributed by atoms with Gasteiger partial charge in [0.25, 0.3) is 0 Å². The van der Waals surface area contributed by atoms with Crippen molar-refractivity contribution in [2.24, 2.45) is 0 Å². The zero-order chi connectivity index (χ0) is 17.3. The van der Waals surface area contributed by atoms with Gasteiger partial charge in [-0.2, -0.15) is 0 Å². The van der Waals surface area contributed by atoms with Crippen molar-refractivity contribution in [1.82, 2.24) is 14.7 Å². The van der Waals surface area contributed by atoms with Gasteiger partial charge in [-0.25, -0.2) is 0 Å². The van der Waals surface area contributed by atoms with Crippen molar-refractivity contribution in [3.63, 3.8) is 0 Å². The molecule has 3 heteroatoms. The molecule has 0 aromatic heterocycles. The van der Waals surface area contributed by atoms with Gasteiger partial charge in [-0.05, 0) is 23.7 Å². The number of hydrogen-bond donors (Lipinski definition) is 0. The van der Waals surface area contributed by atoms with Gasteiger partial charge < -0.3 is 4.90 Å². The number of hydrogen-bond acceptors (Lipinski definition) is 3. The normalized spacial score (nSPS) is 24.0. The summed E-state index contributed by atoms with van der Waals surface area (Å²) in [5, 5.41) is 0. The van der Waals surface area contributed by atoms with E-state index in [1.54, 1.807) is 0 Å². The van der Waals surface area contributed by atoms with E-state index in [9.17, 15) is 0 Å². The maximum absolute atomic E-state index is 2.73. The van der Waals surface area contributed by atoms with Gasteiger partial charge in [0.2, 0.25) is 0 Å². The average Bonchev–Trinajstić information content (AvgIpc) is 3.13. The minimum Gasteiger partial charge on any atom is -0.372 e. The van der Waals surface area contributed by atoms with Crippen LogP contribution in [0.2, 0.25) is 0 Å². The molecule has 2 aromatic rings. The number of rotatable bonds is 4. The summed E-state index contributed by atoms with van der Waals surface area (Å²) >= 11 is 0. The fraction of sp³-hybridized carbons (Fsp3) is 0.391. The summed E-state index contributed by atoms with van der Waals surface area (Å²) < 4.78 is 0. The molecule has 2 saturated heterocycles. The number of fused-ring (bicyclic) bond motifs is 1. The summed E-state index contributed by atoms with van der Waals surface area (Å²) in [6.07, 6.45) is 5.86. The summed E-state index contributed by atoms with van der Waals surface area (Å²) in [5.41, 5.74) is 2.81. The lowest BCUT2D eigenvalue weighted by Crippen LogP contribution is -2.64. The fourth-order valence-electron chi connectivity index (χ4n) is 4.80. The van der Waals surface area contributed by atoms with E-state index in [0.717, 1.165) is 6.04 Å². The van der Waals surface area contributed by atoms with Crippen LogP contribution < -0.4 is 0 Å². The molecule has 0 unspecified atom stereocenters. The van der Waals surface area contributed by atoms with Gasteiger partial charge in [0, 0.05) is 44.8 Å². The smallest absolute Gasteiger partial charge is 0.0602 e. The molecule has 0 radical (unpaired) electrons. The molecule has 0 amide bonds. The minimum absolute atomic E-state index is 0.378. The molecule has 2 fully saturated rings. The molecular formula is C23H27N3. The summed E-state index contributed by atoms with van der Waals surface area (Å²) in [5.74, 6) is 0. The van der Waals surface area contributed by atoms with Crippen LogP contribution in [-0.2, 0) is 0 Å². The zero-order valence-electron chi connectivity index (χ0n) is 15.2. The lowest BCUT2D eigenvalue weighted by molar-refractivity contribution is -0.0149. The van der Waals surface area contributed by atoms with Crippen LogP contribution in [-0.4, -0.2) is 59.5 Å².